The minimum absolute atomic E-state index is 0.00392. The number of fused-ring (bicyclic) bond motifs is 1. The van der Waals surface area contributed by atoms with E-state index in [1.54, 1.807) is 7.11 Å². The van der Waals surface area contributed by atoms with Gasteiger partial charge >= 0.3 is 0 Å². The average Bonchev–Trinajstić information content (AvgIpc) is 2.61. The molecule has 1 amide bonds. The van der Waals surface area contributed by atoms with Gasteiger partial charge in [-0.05, 0) is 55.4 Å². The van der Waals surface area contributed by atoms with Gasteiger partial charge in [0.05, 0.1) is 25.3 Å². The lowest BCUT2D eigenvalue weighted by Crippen LogP contribution is -2.46. The molecule has 0 spiro atoms. The predicted octanol–water partition coefficient (Wildman–Crippen LogP) is 1.86. The molecule has 0 aromatic heterocycles. The number of hydrogen-bond donors (Lipinski definition) is 1. The van der Waals surface area contributed by atoms with Crippen LogP contribution in [0.25, 0.3) is 0 Å². The third-order valence-electron chi connectivity index (χ3n) is 5.20. The number of sulfonamides is 1. The summed E-state index contributed by atoms with van der Waals surface area (Å²) < 4.78 is 30.2. The van der Waals surface area contributed by atoms with E-state index >= 15 is 0 Å². The summed E-state index contributed by atoms with van der Waals surface area (Å²) in [7, 11) is -1.59. The largest absolute Gasteiger partial charge is 0.497 e. The van der Waals surface area contributed by atoms with Gasteiger partial charge in [-0.25, -0.2) is 12.7 Å². The van der Waals surface area contributed by atoms with Crippen molar-refractivity contribution in [3.8, 4) is 5.75 Å². The highest BCUT2D eigenvalue weighted by Gasteiger charge is 2.32. The van der Waals surface area contributed by atoms with E-state index in [0.717, 1.165) is 43.4 Å². The van der Waals surface area contributed by atoms with Gasteiger partial charge in [0.25, 0.3) is 0 Å². The van der Waals surface area contributed by atoms with Crippen LogP contribution in [0.2, 0.25) is 0 Å². The minimum atomic E-state index is -3.24. The first kappa shape index (κ1) is 18.2. The van der Waals surface area contributed by atoms with Gasteiger partial charge < -0.3 is 10.1 Å². The molecule has 0 radical (unpaired) electrons. The first-order valence-electron chi connectivity index (χ1n) is 8.81. The highest BCUT2D eigenvalue weighted by Crippen LogP contribution is 2.32. The van der Waals surface area contributed by atoms with Gasteiger partial charge in [-0.1, -0.05) is 6.07 Å². The Hall–Kier alpha value is -1.60. The highest BCUT2D eigenvalue weighted by atomic mass is 32.2. The fourth-order valence-corrected chi connectivity index (χ4v) is 4.73. The molecule has 1 aliphatic heterocycles. The quantitative estimate of drug-likeness (QED) is 0.882. The summed E-state index contributed by atoms with van der Waals surface area (Å²) in [5, 5.41) is 3.15. The van der Waals surface area contributed by atoms with Crippen molar-refractivity contribution in [2.75, 3.05) is 26.5 Å². The second kappa shape index (κ2) is 7.33. The molecule has 1 fully saturated rings. The molecule has 0 saturated carbocycles. The number of nitrogens with zero attached hydrogens (tertiary/aromatic N) is 1. The van der Waals surface area contributed by atoms with E-state index in [2.05, 4.69) is 5.32 Å². The van der Waals surface area contributed by atoms with Crippen LogP contribution in [0.1, 0.15) is 42.9 Å². The van der Waals surface area contributed by atoms with Crippen LogP contribution >= 0.6 is 0 Å². The highest BCUT2D eigenvalue weighted by molar-refractivity contribution is 7.88. The van der Waals surface area contributed by atoms with Crippen LogP contribution in [0.3, 0.4) is 0 Å². The number of amides is 1. The van der Waals surface area contributed by atoms with Gasteiger partial charge in [0.2, 0.25) is 15.9 Å². The zero-order valence-electron chi connectivity index (χ0n) is 14.8. The summed E-state index contributed by atoms with van der Waals surface area (Å²) in [6, 6.07) is 5.99. The number of carbonyl (C=O) groups excluding carboxylic acids is 1. The summed E-state index contributed by atoms with van der Waals surface area (Å²) in [5.74, 6) is 0.524. The van der Waals surface area contributed by atoms with Gasteiger partial charge in [-0.3, -0.25) is 4.79 Å². The summed E-state index contributed by atoms with van der Waals surface area (Å²) in [6.07, 6.45) is 5.59. The van der Waals surface area contributed by atoms with Crippen LogP contribution in [0.15, 0.2) is 18.2 Å². The van der Waals surface area contributed by atoms with Crippen molar-refractivity contribution in [1.82, 2.24) is 9.62 Å². The maximum atomic E-state index is 12.7. The van der Waals surface area contributed by atoms with E-state index in [1.165, 1.54) is 16.1 Å². The molecule has 2 atom stereocenters. The molecule has 2 aliphatic rings. The lowest BCUT2D eigenvalue weighted by atomic mass is 9.87. The zero-order chi connectivity index (χ0) is 18.0. The van der Waals surface area contributed by atoms with Crippen LogP contribution in [0.5, 0.6) is 5.75 Å². The number of aryl methyl sites for hydroxylation is 1. The standard InChI is InChI=1S/C18H26N2O4S/c1-24-15-8-9-16-13(11-15)5-3-7-17(16)19-18(21)14-6-4-10-20(12-14)25(2,22)23/h8-9,11,14,17H,3-7,10,12H2,1-2H3,(H,19,21)/t14-,17-/m0/s1. The van der Waals surface area contributed by atoms with Crippen molar-refractivity contribution in [3.63, 3.8) is 0 Å². The van der Waals surface area contributed by atoms with Crippen molar-refractivity contribution in [1.29, 1.82) is 0 Å². The van der Waals surface area contributed by atoms with Crippen LogP contribution in [0.4, 0.5) is 0 Å². The molecule has 1 aromatic rings. The molecule has 7 heteroatoms. The fourth-order valence-electron chi connectivity index (χ4n) is 3.81. The van der Waals surface area contributed by atoms with Crippen LogP contribution in [-0.4, -0.2) is 45.1 Å². The fraction of sp³-hybridized carbons (Fsp3) is 0.611. The number of hydrogen-bond acceptors (Lipinski definition) is 4. The third-order valence-corrected chi connectivity index (χ3v) is 6.47. The molecule has 1 N–H and O–H groups in total. The van der Waals surface area contributed by atoms with Gasteiger partial charge in [0.15, 0.2) is 0 Å². The molecule has 0 unspecified atom stereocenters. The van der Waals surface area contributed by atoms with E-state index in [-0.39, 0.29) is 24.4 Å². The van der Waals surface area contributed by atoms with E-state index in [4.69, 9.17) is 4.74 Å². The summed E-state index contributed by atoms with van der Waals surface area (Å²) in [6.45, 7) is 0.793. The van der Waals surface area contributed by atoms with Crippen molar-refractivity contribution in [3.05, 3.63) is 29.3 Å². The molecule has 1 aromatic carbocycles. The average molecular weight is 366 g/mol. The molecule has 25 heavy (non-hydrogen) atoms. The molecule has 138 valence electrons. The van der Waals surface area contributed by atoms with E-state index in [0.29, 0.717) is 6.54 Å². The Morgan fingerprint density at radius 3 is 2.80 bits per heavy atom. The van der Waals surface area contributed by atoms with Crippen molar-refractivity contribution in [2.24, 2.45) is 5.92 Å². The number of carbonyl (C=O) groups is 1. The maximum Gasteiger partial charge on any atom is 0.224 e. The number of methoxy groups -OCH3 is 1. The molecule has 0 bridgehead atoms. The molecule has 1 aliphatic carbocycles. The molecule has 3 rings (SSSR count). The lowest BCUT2D eigenvalue weighted by Gasteiger charge is -2.32. The number of piperidine rings is 1. The topological polar surface area (TPSA) is 75.7 Å². The summed E-state index contributed by atoms with van der Waals surface area (Å²) >= 11 is 0. The second-order valence-electron chi connectivity index (χ2n) is 6.98. The smallest absolute Gasteiger partial charge is 0.224 e. The minimum Gasteiger partial charge on any atom is -0.497 e. The van der Waals surface area contributed by atoms with E-state index in [1.807, 2.05) is 18.2 Å². The van der Waals surface area contributed by atoms with Crippen LogP contribution in [0, 0.1) is 5.92 Å². The normalized spacial score (nSPS) is 24.4. The number of nitrogens with one attached hydrogen (secondary N) is 1. The number of ether oxygens (including phenoxy) is 1. The van der Waals surface area contributed by atoms with Gasteiger partial charge in [-0.15, -0.1) is 0 Å². The summed E-state index contributed by atoms with van der Waals surface area (Å²) in [4.78, 5) is 12.7. The Morgan fingerprint density at radius 2 is 2.08 bits per heavy atom. The molecule has 1 heterocycles. The SMILES string of the molecule is COc1ccc2c(c1)CCC[C@@H]2NC(=O)[C@H]1CCCN(S(C)(=O)=O)C1. The van der Waals surface area contributed by atoms with Crippen LogP contribution in [-0.2, 0) is 21.2 Å². The Balaban J connectivity index is 1.70. The predicted molar refractivity (Wildman–Crippen MR) is 96.0 cm³/mol. The number of rotatable bonds is 4. The Kier molecular flexibility index (Phi) is 5.34. The monoisotopic (exact) mass is 366 g/mol. The Morgan fingerprint density at radius 1 is 1.28 bits per heavy atom. The Labute approximate surface area is 149 Å². The summed E-state index contributed by atoms with van der Waals surface area (Å²) in [5.41, 5.74) is 2.37. The van der Waals surface area contributed by atoms with Gasteiger partial charge in [0.1, 0.15) is 5.75 Å². The van der Waals surface area contributed by atoms with Gasteiger partial charge in [0, 0.05) is 13.1 Å². The van der Waals surface area contributed by atoms with E-state index < -0.39 is 10.0 Å². The van der Waals surface area contributed by atoms with Crippen LogP contribution < -0.4 is 10.1 Å². The second-order valence-corrected chi connectivity index (χ2v) is 8.96. The third kappa shape index (κ3) is 4.15. The Bertz CT molecular complexity index is 747. The van der Waals surface area contributed by atoms with Gasteiger partial charge in [-0.2, -0.15) is 0 Å². The van der Waals surface area contributed by atoms with Crippen molar-refractivity contribution < 1.29 is 17.9 Å². The first-order chi connectivity index (χ1) is 11.9. The maximum absolute atomic E-state index is 12.7. The number of benzene rings is 1. The molecule has 1 saturated heterocycles. The van der Waals surface area contributed by atoms with Crippen molar-refractivity contribution >= 4 is 15.9 Å². The zero-order valence-corrected chi connectivity index (χ0v) is 15.6. The molecule has 6 nitrogen and oxygen atoms in total. The molecular weight excluding hydrogens is 340 g/mol. The van der Waals surface area contributed by atoms with Crippen molar-refractivity contribution in [2.45, 2.75) is 38.1 Å². The first-order valence-corrected chi connectivity index (χ1v) is 10.7. The molecular formula is C18H26N2O4S. The van der Waals surface area contributed by atoms with E-state index in [9.17, 15) is 13.2 Å². The lowest BCUT2D eigenvalue weighted by molar-refractivity contribution is -0.127.